The number of amides is 1. The van der Waals surface area contributed by atoms with Gasteiger partial charge in [-0.15, -0.1) is 0 Å². The molecule has 1 aromatic heterocycles. The lowest BCUT2D eigenvalue weighted by molar-refractivity contribution is -0.116. The van der Waals surface area contributed by atoms with E-state index < -0.39 is 5.82 Å². The summed E-state index contributed by atoms with van der Waals surface area (Å²) in [6.45, 7) is 3.71. The van der Waals surface area contributed by atoms with Crippen molar-refractivity contribution in [1.29, 1.82) is 0 Å². The van der Waals surface area contributed by atoms with Crippen molar-refractivity contribution in [1.82, 2.24) is 14.9 Å². The van der Waals surface area contributed by atoms with Crippen molar-refractivity contribution in [3.8, 4) is 5.75 Å². The van der Waals surface area contributed by atoms with Gasteiger partial charge in [-0.25, -0.2) is 14.4 Å². The molecule has 0 unspecified atom stereocenters. The Morgan fingerprint density at radius 1 is 1.20 bits per heavy atom. The highest BCUT2D eigenvalue weighted by Gasteiger charge is 2.39. The Hall–Kier alpha value is -3.35. The number of nitrogens with one attached hydrogen (secondary N) is 2. The smallest absolute Gasteiger partial charge is 0.248 e. The van der Waals surface area contributed by atoms with Crippen LogP contribution in [0.5, 0.6) is 5.75 Å². The number of fused-ring (bicyclic) bond motifs is 2. The van der Waals surface area contributed by atoms with E-state index in [4.69, 9.17) is 31.5 Å². The van der Waals surface area contributed by atoms with Gasteiger partial charge in [0.25, 0.3) is 0 Å². The van der Waals surface area contributed by atoms with Crippen molar-refractivity contribution < 1.29 is 23.4 Å². The molecule has 3 heterocycles. The minimum atomic E-state index is -0.516. The summed E-state index contributed by atoms with van der Waals surface area (Å²) in [5.41, 5.74) is 7.49. The van der Waals surface area contributed by atoms with Crippen molar-refractivity contribution in [3.63, 3.8) is 0 Å². The van der Waals surface area contributed by atoms with Crippen LogP contribution in [0.15, 0.2) is 48.8 Å². The first kappa shape index (κ1) is 26.9. The van der Waals surface area contributed by atoms with E-state index in [1.807, 2.05) is 6.08 Å². The van der Waals surface area contributed by atoms with Crippen molar-refractivity contribution >= 4 is 45.6 Å². The van der Waals surface area contributed by atoms with Crippen LogP contribution in [0.3, 0.4) is 0 Å². The van der Waals surface area contributed by atoms with Crippen molar-refractivity contribution in [2.75, 3.05) is 50.1 Å². The molecule has 2 aromatic carbocycles. The first-order chi connectivity index (χ1) is 19.3. The van der Waals surface area contributed by atoms with E-state index in [-0.39, 0.29) is 28.7 Å². The predicted molar refractivity (Wildman–Crippen MR) is 150 cm³/mol. The van der Waals surface area contributed by atoms with E-state index in [0.29, 0.717) is 60.2 Å². The summed E-state index contributed by atoms with van der Waals surface area (Å²) in [6.07, 6.45) is 6.68. The summed E-state index contributed by atoms with van der Waals surface area (Å²) in [6, 6.07) is 7.80. The van der Waals surface area contributed by atoms with Gasteiger partial charge in [0.1, 0.15) is 30.3 Å². The maximum atomic E-state index is 13.6. The van der Waals surface area contributed by atoms with Crippen LogP contribution < -0.4 is 21.1 Å². The van der Waals surface area contributed by atoms with Crippen LogP contribution in [-0.2, 0) is 14.3 Å². The van der Waals surface area contributed by atoms with Crippen LogP contribution >= 0.6 is 11.6 Å². The fraction of sp³-hybridized carbons (Fsp3) is 0.393. The van der Waals surface area contributed by atoms with Gasteiger partial charge in [-0.05, 0) is 37.1 Å². The standard InChI is InChI=1S/C28H30ClFN6O4/c29-19-10-17(3-4-20(19)30)34-27-18-11-22(23(12-21(18)32-16-33-27)40-15-28(31)5-6-28)35-26(37)2-1-7-36-13-24-25(14-36)39-9-8-38-24/h1-4,10-12,16,24-25H,5-9,13-15,31H2,(H,35,37)(H,32,33,34)/b2-1+/t24-,25+. The monoisotopic (exact) mass is 568 g/mol. The average Bonchev–Trinajstić information content (AvgIpc) is 3.53. The number of hydrogen-bond acceptors (Lipinski definition) is 9. The Bertz CT molecular complexity index is 1440. The number of halogens is 2. The van der Waals surface area contributed by atoms with E-state index in [9.17, 15) is 9.18 Å². The molecule has 40 heavy (non-hydrogen) atoms. The van der Waals surface area contributed by atoms with E-state index in [2.05, 4.69) is 25.5 Å². The molecule has 0 spiro atoms. The SMILES string of the molecule is NC1(COc2cc3ncnc(Nc4ccc(F)c(Cl)c4)c3cc2NC(=O)/C=C/CN2C[C@@H]3OCCO[C@@H]3C2)CC1. The molecule has 3 fully saturated rings. The number of carbonyl (C=O) groups is 1. The molecule has 2 saturated heterocycles. The highest BCUT2D eigenvalue weighted by molar-refractivity contribution is 6.31. The molecule has 6 rings (SSSR count). The van der Waals surface area contributed by atoms with E-state index in [0.717, 1.165) is 25.9 Å². The Balaban J connectivity index is 1.21. The quantitative estimate of drug-likeness (QED) is 0.332. The van der Waals surface area contributed by atoms with Gasteiger partial charge in [-0.1, -0.05) is 17.7 Å². The third-order valence-corrected chi connectivity index (χ3v) is 7.54. The van der Waals surface area contributed by atoms with Gasteiger partial charge in [0, 0.05) is 42.9 Å². The van der Waals surface area contributed by atoms with Crippen LogP contribution in [0.25, 0.3) is 10.9 Å². The molecule has 0 bridgehead atoms. The number of anilines is 3. The van der Waals surface area contributed by atoms with Crippen LogP contribution in [0, 0.1) is 5.82 Å². The Kier molecular flexibility index (Phi) is 7.56. The summed E-state index contributed by atoms with van der Waals surface area (Å²) in [4.78, 5) is 23.9. The van der Waals surface area contributed by atoms with Gasteiger partial charge in [0.2, 0.25) is 5.91 Å². The second-order valence-corrected chi connectivity index (χ2v) is 10.8. The summed E-state index contributed by atoms with van der Waals surface area (Å²) in [5, 5.41) is 6.70. The molecule has 210 valence electrons. The maximum Gasteiger partial charge on any atom is 0.248 e. The molecule has 10 nitrogen and oxygen atoms in total. The number of hydrogen-bond donors (Lipinski definition) is 3. The first-order valence-corrected chi connectivity index (χ1v) is 13.6. The Morgan fingerprint density at radius 3 is 2.70 bits per heavy atom. The fourth-order valence-electron chi connectivity index (χ4n) is 4.81. The largest absolute Gasteiger partial charge is 0.489 e. The lowest BCUT2D eigenvalue weighted by Gasteiger charge is -2.24. The Labute approximate surface area is 235 Å². The molecule has 1 aliphatic carbocycles. The minimum Gasteiger partial charge on any atom is -0.489 e. The number of ether oxygens (including phenoxy) is 3. The second kappa shape index (κ2) is 11.3. The number of aromatic nitrogens is 2. The third-order valence-electron chi connectivity index (χ3n) is 7.26. The zero-order valence-electron chi connectivity index (χ0n) is 21.7. The van der Waals surface area contributed by atoms with Crippen LogP contribution in [-0.4, -0.2) is 78.0 Å². The third kappa shape index (κ3) is 6.18. The van der Waals surface area contributed by atoms with Crippen molar-refractivity contribution in [2.24, 2.45) is 5.73 Å². The molecule has 4 N–H and O–H groups in total. The number of nitrogens with zero attached hydrogens (tertiary/aromatic N) is 3. The van der Waals surface area contributed by atoms with E-state index in [1.165, 1.54) is 24.5 Å². The highest BCUT2D eigenvalue weighted by atomic mass is 35.5. The number of likely N-dealkylation sites (tertiary alicyclic amines) is 1. The fourth-order valence-corrected chi connectivity index (χ4v) is 4.99. The zero-order valence-corrected chi connectivity index (χ0v) is 22.5. The summed E-state index contributed by atoms with van der Waals surface area (Å²) >= 11 is 5.95. The number of rotatable bonds is 9. The van der Waals surface area contributed by atoms with Crippen LogP contribution in [0.2, 0.25) is 5.02 Å². The topological polar surface area (TPSA) is 124 Å². The van der Waals surface area contributed by atoms with E-state index >= 15 is 0 Å². The van der Waals surface area contributed by atoms with Gasteiger partial charge in [-0.2, -0.15) is 0 Å². The molecule has 2 atom stereocenters. The van der Waals surface area contributed by atoms with Crippen LogP contribution in [0.1, 0.15) is 12.8 Å². The van der Waals surface area contributed by atoms with Crippen LogP contribution in [0.4, 0.5) is 21.6 Å². The van der Waals surface area contributed by atoms with Crippen molar-refractivity contribution in [3.05, 3.63) is 59.7 Å². The summed E-state index contributed by atoms with van der Waals surface area (Å²) in [5.74, 6) is 0.0950. The van der Waals surface area contributed by atoms with Gasteiger partial charge in [0.05, 0.1) is 47.2 Å². The van der Waals surface area contributed by atoms with Crippen molar-refractivity contribution in [2.45, 2.75) is 30.6 Å². The van der Waals surface area contributed by atoms with Gasteiger partial charge in [-0.3, -0.25) is 9.69 Å². The number of nitrogens with two attached hydrogens (primary N) is 1. The molecule has 2 aliphatic heterocycles. The number of benzene rings is 2. The maximum absolute atomic E-state index is 13.6. The highest BCUT2D eigenvalue weighted by Crippen LogP contribution is 2.37. The molecular formula is C28H30ClFN6O4. The zero-order chi connectivity index (χ0) is 27.7. The predicted octanol–water partition coefficient (Wildman–Crippen LogP) is 3.63. The minimum absolute atomic E-state index is 0.0117. The summed E-state index contributed by atoms with van der Waals surface area (Å²) < 4.78 is 31.2. The molecule has 1 saturated carbocycles. The van der Waals surface area contributed by atoms with Gasteiger partial charge >= 0.3 is 0 Å². The van der Waals surface area contributed by atoms with Gasteiger partial charge in [0.15, 0.2) is 0 Å². The first-order valence-electron chi connectivity index (χ1n) is 13.2. The molecule has 0 radical (unpaired) electrons. The molecular weight excluding hydrogens is 539 g/mol. The molecule has 3 aliphatic rings. The second-order valence-electron chi connectivity index (χ2n) is 10.4. The lowest BCUT2D eigenvalue weighted by Crippen LogP contribution is -2.36. The van der Waals surface area contributed by atoms with E-state index in [1.54, 1.807) is 18.2 Å². The summed E-state index contributed by atoms with van der Waals surface area (Å²) in [7, 11) is 0. The molecule has 3 aromatic rings. The molecule has 1 amide bonds. The lowest BCUT2D eigenvalue weighted by atomic mass is 10.1. The normalized spacial score (nSPS) is 21.9. The molecule has 12 heteroatoms. The van der Waals surface area contributed by atoms with Gasteiger partial charge < -0.3 is 30.6 Å². The Morgan fingerprint density at radius 2 is 1.98 bits per heavy atom. The average molecular weight is 569 g/mol. The number of carbonyl (C=O) groups excluding carboxylic acids is 1.